The van der Waals surface area contributed by atoms with E-state index in [2.05, 4.69) is 15.5 Å². The van der Waals surface area contributed by atoms with Gasteiger partial charge in [0, 0.05) is 35.2 Å². The van der Waals surface area contributed by atoms with E-state index in [1.54, 1.807) is 0 Å². The molecule has 0 unspecified atom stereocenters. The summed E-state index contributed by atoms with van der Waals surface area (Å²) in [4.78, 5) is 2.57. The zero-order chi connectivity index (χ0) is 14.5. The number of nitrogens with one attached hydrogen (secondary N) is 2. The van der Waals surface area contributed by atoms with Crippen LogP contribution < -0.4 is 10.6 Å². The van der Waals surface area contributed by atoms with E-state index in [0.717, 1.165) is 36.6 Å². The summed E-state index contributed by atoms with van der Waals surface area (Å²) in [5.74, 6) is 0. The fourth-order valence-corrected chi connectivity index (χ4v) is 3.09. The molecule has 0 bridgehead atoms. The third-order valence-corrected chi connectivity index (χ3v) is 4.60. The highest BCUT2D eigenvalue weighted by molar-refractivity contribution is 6.30. The van der Waals surface area contributed by atoms with Crippen LogP contribution in [0.4, 0.5) is 5.69 Å². The van der Waals surface area contributed by atoms with Crippen molar-refractivity contribution in [3.8, 4) is 0 Å². The second kappa shape index (κ2) is 7.19. The first-order chi connectivity index (χ1) is 10.3. The fraction of sp³-hybridized carbons (Fsp3) is 0.529. The molecule has 0 atom stereocenters. The van der Waals surface area contributed by atoms with Crippen LogP contribution in [0.25, 0.3) is 0 Å². The summed E-state index contributed by atoms with van der Waals surface area (Å²) < 4.78 is 0. The first kappa shape index (κ1) is 14.7. The SMILES string of the molecule is Clc1ccc(NC2=C(NCCN3CCCCC3)CC2)cc1. The number of anilines is 1. The van der Waals surface area contributed by atoms with Crippen molar-refractivity contribution in [1.82, 2.24) is 10.2 Å². The summed E-state index contributed by atoms with van der Waals surface area (Å²) >= 11 is 5.91. The van der Waals surface area contributed by atoms with Crippen molar-refractivity contribution in [3.63, 3.8) is 0 Å². The van der Waals surface area contributed by atoms with Crippen molar-refractivity contribution in [2.45, 2.75) is 32.1 Å². The molecule has 1 aliphatic heterocycles. The number of nitrogens with zero attached hydrogens (tertiary/aromatic N) is 1. The Balaban J connectivity index is 1.45. The highest BCUT2D eigenvalue weighted by Crippen LogP contribution is 2.27. The maximum atomic E-state index is 5.91. The largest absolute Gasteiger partial charge is 0.386 e. The fourth-order valence-electron chi connectivity index (χ4n) is 2.96. The van der Waals surface area contributed by atoms with Crippen LogP contribution in [0.3, 0.4) is 0 Å². The molecule has 0 spiro atoms. The molecule has 114 valence electrons. The lowest BCUT2D eigenvalue weighted by Crippen LogP contribution is -2.37. The molecule has 1 aromatic carbocycles. The van der Waals surface area contributed by atoms with Crippen molar-refractivity contribution in [2.75, 3.05) is 31.5 Å². The zero-order valence-electron chi connectivity index (χ0n) is 12.5. The number of rotatable bonds is 6. The molecule has 1 saturated heterocycles. The lowest BCUT2D eigenvalue weighted by Gasteiger charge is -2.29. The molecule has 1 heterocycles. The van der Waals surface area contributed by atoms with E-state index in [9.17, 15) is 0 Å². The van der Waals surface area contributed by atoms with Gasteiger partial charge < -0.3 is 15.5 Å². The molecule has 3 rings (SSSR count). The van der Waals surface area contributed by atoms with Gasteiger partial charge in [0.15, 0.2) is 0 Å². The van der Waals surface area contributed by atoms with E-state index in [4.69, 9.17) is 11.6 Å². The Morgan fingerprint density at radius 3 is 2.33 bits per heavy atom. The average Bonchev–Trinajstić information content (AvgIpc) is 2.51. The second-order valence-corrected chi connectivity index (χ2v) is 6.35. The number of piperidine rings is 1. The summed E-state index contributed by atoms with van der Waals surface area (Å²) in [5, 5.41) is 7.87. The quantitative estimate of drug-likeness (QED) is 0.836. The molecule has 0 amide bonds. The average molecular weight is 306 g/mol. The molecule has 0 radical (unpaired) electrons. The maximum absolute atomic E-state index is 5.91. The van der Waals surface area contributed by atoms with Gasteiger partial charge in [0.1, 0.15) is 0 Å². The van der Waals surface area contributed by atoms with Crippen LogP contribution in [0.15, 0.2) is 35.7 Å². The summed E-state index contributed by atoms with van der Waals surface area (Å²) in [5.41, 5.74) is 3.82. The minimum Gasteiger partial charge on any atom is -0.386 e. The van der Waals surface area contributed by atoms with Crippen molar-refractivity contribution < 1.29 is 0 Å². The number of hydrogen-bond acceptors (Lipinski definition) is 3. The smallest absolute Gasteiger partial charge is 0.0407 e. The molecule has 1 aliphatic carbocycles. The Bertz CT molecular complexity index is 489. The Morgan fingerprint density at radius 1 is 0.952 bits per heavy atom. The predicted octanol–water partition coefficient (Wildman–Crippen LogP) is 3.83. The molecule has 0 aromatic heterocycles. The lowest BCUT2D eigenvalue weighted by molar-refractivity contribution is 0.230. The summed E-state index contributed by atoms with van der Waals surface area (Å²) in [6, 6.07) is 7.90. The van der Waals surface area contributed by atoms with Gasteiger partial charge in [-0.1, -0.05) is 18.0 Å². The highest BCUT2D eigenvalue weighted by atomic mass is 35.5. The third-order valence-electron chi connectivity index (χ3n) is 4.34. The number of likely N-dealkylation sites (tertiary alicyclic amines) is 1. The van der Waals surface area contributed by atoms with Gasteiger partial charge in [-0.2, -0.15) is 0 Å². The molecule has 3 nitrogen and oxygen atoms in total. The van der Waals surface area contributed by atoms with Crippen molar-refractivity contribution in [3.05, 3.63) is 40.7 Å². The van der Waals surface area contributed by atoms with E-state index in [1.807, 2.05) is 24.3 Å². The van der Waals surface area contributed by atoms with Gasteiger partial charge in [-0.05, 0) is 63.0 Å². The van der Waals surface area contributed by atoms with Crippen molar-refractivity contribution >= 4 is 17.3 Å². The van der Waals surface area contributed by atoms with Crippen LogP contribution in [0, 0.1) is 0 Å². The van der Waals surface area contributed by atoms with Gasteiger partial charge in [0.2, 0.25) is 0 Å². The molecular formula is C17H24ClN3. The molecule has 2 aliphatic rings. The van der Waals surface area contributed by atoms with Crippen LogP contribution in [0.1, 0.15) is 32.1 Å². The molecule has 1 fully saturated rings. The Labute approximate surface area is 132 Å². The van der Waals surface area contributed by atoms with Crippen LogP contribution in [0.5, 0.6) is 0 Å². The van der Waals surface area contributed by atoms with Crippen molar-refractivity contribution in [1.29, 1.82) is 0 Å². The number of hydrogen-bond donors (Lipinski definition) is 2. The van der Waals surface area contributed by atoms with Crippen LogP contribution in [-0.4, -0.2) is 31.1 Å². The zero-order valence-corrected chi connectivity index (χ0v) is 13.3. The highest BCUT2D eigenvalue weighted by Gasteiger charge is 2.17. The van der Waals surface area contributed by atoms with E-state index in [1.165, 1.54) is 43.7 Å². The summed E-state index contributed by atoms with van der Waals surface area (Å²) in [6.45, 7) is 4.77. The second-order valence-electron chi connectivity index (χ2n) is 5.92. The minimum absolute atomic E-state index is 0.781. The Morgan fingerprint density at radius 2 is 1.67 bits per heavy atom. The van der Waals surface area contributed by atoms with Gasteiger partial charge >= 0.3 is 0 Å². The van der Waals surface area contributed by atoms with Crippen LogP contribution in [0.2, 0.25) is 5.02 Å². The predicted molar refractivity (Wildman–Crippen MR) is 89.6 cm³/mol. The number of benzene rings is 1. The molecule has 2 N–H and O–H groups in total. The van der Waals surface area contributed by atoms with Crippen molar-refractivity contribution in [2.24, 2.45) is 0 Å². The lowest BCUT2D eigenvalue weighted by atomic mass is 10.0. The summed E-state index contributed by atoms with van der Waals surface area (Å²) in [7, 11) is 0. The monoisotopic (exact) mass is 305 g/mol. The number of halogens is 1. The van der Waals surface area contributed by atoms with Gasteiger partial charge in [-0.25, -0.2) is 0 Å². The molecule has 21 heavy (non-hydrogen) atoms. The topological polar surface area (TPSA) is 27.3 Å². The standard InChI is InChI=1S/C17H24ClN3/c18-14-4-6-15(7-5-14)20-17-9-8-16(17)19-10-13-21-11-2-1-3-12-21/h4-7,19-20H,1-3,8-13H2. The molecular weight excluding hydrogens is 282 g/mol. The first-order valence-corrected chi connectivity index (χ1v) is 8.40. The van der Waals surface area contributed by atoms with E-state index in [-0.39, 0.29) is 0 Å². The van der Waals surface area contributed by atoms with Gasteiger partial charge in [-0.15, -0.1) is 0 Å². The molecule has 4 heteroatoms. The van der Waals surface area contributed by atoms with Crippen LogP contribution >= 0.6 is 11.6 Å². The van der Waals surface area contributed by atoms with Crippen LogP contribution in [-0.2, 0) is 0 Å². The number of allylic oxidation sites excluding steroid dienone is 2. The van der Waals surface area contributed by atoms with Gasteiger partial charge in [0.05, 0.1) is 0 Å². The normalized spacial score (nSPS) is 19.3. The first-order valence-electron chi connectivity index (χ1n) is 8.02. The van der Waals surface area contributed by atoms with E-state index in [0.29, 0.717) is 0 Å². The van der Waals surface area contributed by atoms with Gasteiger partial charge in [0.25, 0.3) is 0 Å². The third kappa shape index (κ3) is 4.14. The summed E-state index contributed by atoms with van der Waals surface area (Å²) in [6.07, 6.45) is 6.44. The molecule has 0 saturated carbocycles. The minimum atomic E-state index is 0.781. The van der Waals surface area contributed by atoms with E-state index < -0.39 is 0 Å². The Kier molecular flexibility index (Phi) is 5.04. The van der Waals surface area contributed by atoms with Gasteiger partial charge in [-0.3, -0.25) is 0 Å². The molecule has 1 aromatic rings. The van der Waals surface area contributed by atoms with E-state index >= 15 is 0 Å². The maximum Gasteiger partial charge on any atom is 0.0407 e. The Hall–Kier alpha value is -1.19.